The number of nitrogens with zero attached hydrogens (tertiary/aromatic N) is 1. The van der Waals surface area contributed by atoms with Gasteiger partial charge in [0.05, 0.1) is 6.10 Å². The summed E-state index contributed by atoms with van der Waals surface area (Å²) in [6, 6.07) is -0.0835. The Kier molecular flexibility index (Phi) is 6.99. The minimum atomic E-state index is -0.977. The summed E-state index contributed by atoms with van der Waals surface area (Å²) in [5, 5.41) is 8.98. The van der Waals surface area contributed by atoms with Gasteiger partial charge in [0, 0.05) is 6.04 Å². The Labute approximate surface area is 121 Å². The highest BCUT2D eigenvalue weighted by molar-refractivity contribution is 5.85. The van der Waals surface area contributed by atoms with Crippen molar-refractivity contribution in [1.82, 2.24) is 4.90 Å². The van der Waals surface area contributed by atoms with Crippen LogP contribution in [0.1, 0.15) is 59.3 Å². The SMILES string of the molecule is CCC(OC1CCCC1)C(=O)N(CC(=O)O)C(C)CC. The van der Waals surface area contributed by atoms with Crippen LogP contribution in [0.3, 0.4) is 0 Å². The molecular weight excluding hydrogens is 258 g/mol. The molecule has 2 unspecified atom stereocenters. The summed E-state index contributed by atoms with van der Waals surface area (Å²) < 4.78 is 5.90. The minimum Gasteiger partial charge on any atom is -0.480 e. The summed E-state index contributed by atoms with van der Waals surface area (Å²) in [7, 11) is 0. The molecule has 1 rings (SSSR count). The van der Waals surface area contributed by atoms with Gasteiger partial charge in [0.2, 0.25) is 0 Å². The van der Waals surface area contributed by atoms with E-state index in [1.807, 2.05) is 20.8 Å². The average molecular weight is 285 g/mol. The second kappa shape index (κ2) is 8.25. The van der Waals surface area contributed by atoms with Gasteiger partial charge in [0.1, 0.15) is 12.6 Å². The van der Waals surface area contributed by atoms with Crippen LogP contribution in [0, 0.1) is 0 Å². The van der Waals surface area contributed by atoms with Gasteiger partial charge in [-0.15, -0.1) is 0 Å². The van der Waals surface area contributed by atoms with Gasteiger partial charge in [-0.1, -0.05) is 26.7 Å². The number of hydrogen-bond acceptors (Lipinski definition) is 3. The number of carboxylic acid groups (broad SMARTS) is 1. The van der Waals surface area contributed by atoms with Gasteiger partial charge in [-0.05, 0) is 32.6 Å². The fraction of sp³-hybridized carbons (Fsp3) is 0.867. The third-order valence-electron chi connectivity index (χ3n) is 4.02. The molecule has 1 saturated carbocycles. The summed E-state index contributed by atoms with van der Waals surface area (Å²) in [6.07, 6.45) is 5.29. The first kappa shape index (κ1) is 17.0. The molecule has 5 nitrogen and oxygen atoms in total. The zero-order chi connectivity index (χ0) is 15.1. The highest BCUT2D eigenvalue weighted by Crippen LogP contribution is 2.24. The molecule has 0 aromatic carbocycles. The first-order valence-corrected chi connectivity index (χ1v) is 7.67. The largest absolute Gasteiger partial charge is 0.480 e. The van der Waals surface area contributed by atoms with Crippen LogP contribution in [-0.4, -0.2) is 46.7 Å². The van der Waals surface area contributed by atoms with Gasteiger partial charge in [-0.3, -0.25) is 9.59 Å². The second-order valence-electron chi connectivity index (χ2n) is 5.56. The predicted molar refractivity (Wildman–Crippen MR) is 76.5 cm³/mol. The van der Waals surface area contributed by atoms with Crippen LogP contribution >= 0.6 is 0 Å². The predicted octanol–water partition coefficient (Wildman–Crippen LogP) is 2.44. The van der Waals surface area contributed by atoms with E-state index in [4.69, 9.17) is 9.84 Å². The molecule has 20 heavy (non-hydrogen) atoms. The Balaban J connectivity index is 2.70. The van der Waals surface area contributed by atoms with Crippen molar-refractivity contribution in [3.8, 4) is 0 Å². The summed E-state index contributed by atoms with van der Waals surface area (Å²) in [5.41, 5.74) is 0. The quantitative estimate of drug-likeness (QED) is 0.744. The molecule has 2 atom stereocenters. The van der Waals surface area contributed by atoms with Gasteiger partial charge >= 0.3 is 5.97 Å². The molecule has 0 saturated heterocycles. The summed E-state index contributed by atoms with van der Waals surface area (Å²) in [5.74, 6) is -1.16. The molecule has 1 amide bonds. The van der Waals surface area contributed by atoms with Crippen molar-refractivity contribution in [2.24, 2.45) is 0 Å². The Bertz CT molecular complexity index is 326. The summed E-state index contributed by atoms with van der Waals surface area (Å²) in [4.78, 5) is 24.9. The van der Waals surface area contributed by atoms with Crippen molar-refractivity contribution in [2.45, 2.75) is 77.5 Å². The highest BCUT2D eigenvalue weighted by Gasteiger charge is 2.30. The number of hydrogen-bond donors (Lipinski definition) is 1. The van der Waals surface area contributed by atoms with Gasteiger partial charge in [0.25, 0.3) is 5.91 Å². The monoisotopic (exact) mass is 285 g/mol. The molecule has 5 heteroatoms. The molecule has 1 aliphatic carbocycles. The maximum absolute atomic E-state index is 12.5. The molecule has 0 aliphatic heterocycles. The van der Waals surface area contributed by atoms with E-state index in [2.05, 4.69) is 0 Å². The van der Waals surface area contributed by atoms with E-state index in [9.17, 15) is 9.59 Å². The van der Waals surface area contributed by atoms with Crippen LogP contribution in [0.2, 0.25) is 0 Å². The van der Waals surface area contributed by atoms with Crippen molar-refractivity contribution in [2.75, 3.05) is 6.54 Å². The highest BCUT2D eigenvalue weighted by atomic mass is 16.5. The number of amides is 1. The number of ether oxygens (including phenoxy) is 1. The fourth-order valence-corrected chi connectivity index (χ4v) is 2.59. The topological polar surface area (TPSA) is 66.8 Å². The van der Waals surface area contributed by atoms with Crippen LogP contribution in [-0.2, 0) is 14.3 Å². The minimum absolute atomic E-state index is 0.0835. The molecule has 1 fully saturated rings. The van der Waals surface area contributed by atoms with E-state index in [0.29, 0.717) is 6.42 Å². The smallest absolute Gasteiger partial charge is 0.323 e. The maximum Gasteiger partial charge on any atom is 0.323 e. The Morgan fingerprint density at radius 1 is 1.25 bits per heavy atom. The van der Waals surface area contributed by atoms with Crippen LogP contribution in [0.25, 0.3) is 0 Å². The van der Waals surface area contributed by atoms with Crippen molar-refractivity contribution in [3.63, 3.8) is 0 Å². The molecule has 0 heterocycles. The summed E-state index contributed by atoms with van der Waals surface area (Å²) >= 11 is 0. The van der Waals surface area contributed by atoms with E-state index in [-0.39, 0.29) is 24.6 Å². The van der Waals surface area contributed by atoms with Crippen LogP contribution in [0.4, 0.5) is 0 Å². The fourth-order valence-electron chi connectivity index (χ4n) is 2.59. The molecule has 0 spiro atoms. The first-order valence-electron chi connectivity index (χ1n) is 7.67. The van der Waals surface area contributed by atoms with E-state index >= 15 is 0 Å². The van der Waals surface area contributed by atoms with E-state index in [1.165, 1.54) is 4.90 Å². The van der Waals surface area contributed by atoms with Crippen molar-refractivity contribution < 1.29 is 19.4 Å². The van der Waals surface area contributed by atoms with Crippen LogP contribution in [0.15, 0.2) is 0 Å². The van der Waals surface area contributed by atoms with Crippen molar-refractivity contribution in [1.29, 1.82) is 0 Å². The van der Waals surface area contributed by atoms with Gasteiger partial charge in [0.15, 0.2) is 0 Å². The lowest BCUT2D eigenvalue weighted by Crippen LogP contribution is -2.48. The molecule has 1 N–H and O–H groups in total. The van der Waals surface area contributed by atoms with Gasteiger partial charge < -0.3 is 14.7 Å². The first-order chi connectivity index (χ1) is 9.49. The standard InChI is InChI=1S/C15H27NO4/c1-4-11(3)16(10-14(17)18)15(19)13(5-2)20-12-8-6-7-9-12/h11-13H,4-10H2,1-3H3,(H,17,18). The molecule has 1 aliphatic rings. The van der Waals surface area contributed by atoms with Crippen LogP contribution in [0.5, 0.6) is 0 Å². The molecule has 0 aromatic heterocycles. The lowest BCUT2D eigenvalue weighted by atomic mass is 10.1. The molecule has 0 bridgehead atoms. The number of carboxylic acids is 1. The normalized spacial score (nSPS) is 18.8. The third-order valence-corrected chi connectivity index (χ3v) is 4.02. The summed E-state index contributed by atoms with van der Waals surface area (Å²) in [6.45, 7) is 5.49. The number of rotatable bonds is 8. The Morgan fingerprint density at radius 2 is 1.85 bits per heavy atom. The zero-order valence-electron chi connectivity index (χ0n) is 12.8. The number of carbonyl (C=O) groups excluding carboxylic acids is 1. The van der Waals surface area contributed by atoms with E-state index < -0.39 is 12.1 Å². The Hall–Kier alpha value is -1.10. The second-order valence-corrected chi connectivity index (χ2v) is 5.56. The van der Waals surface area contributed by atoms with E-state index in [0.717, 1.165) is 32.1 Å². The third kappa shape index (κ3) is 4.78. The lowest BCUT2D eigenvalue weighted by Gasteiger charge is -2.31. The zero-order valence-corrected chi connectivity index (χ0v) is 12.8. The van der Waals surface area contributed by atoms with Gasteiger partial charge in [-0.25, -0.2) is 0 Å². The van der Waals surface area contributed by atoms with E-state index in [1.54, 1.807) is 0 Å². The maximum atomic E-state index is 12.5. The Morgan fingerprint density at radius 3 is 2.30 bits per heavy atom. The number of aliphatic carboxylic acids is 1. The van der Waals surface area contributed by atoms with Crippen LogP contribution < -0.4 is 0 Å². The van der Waals surface area contributed by atoms with Gasteiger partial charge in [-0.2, -0.15) is 0 Å². The number of carbonyl (C=O) groups is 2. The molecular formula is C15H27NO4. The van der Waals surface area contributed by atoms with Crippen molar-refractivity contribution >= 4 is 11.9 Å². The lowest BCUT2D eigenvalue weighted by molar-refractivity contribution is -0.155. The molecule has 0 aromatic rings. The average Bonchev–Trinajstić information content (AvgIpc) is 2.93. The van der Waals surface area contributed by atoms with Crippen molar-refractivity contribution in [3.05, 3.63) is 0 Å². The molecule has 116 valence electrons. The molecule has 0 radical (unpaired) electrons.